The van der Waals surface area contributed by atoms with E-state index in [0.717, 1.165) is 18.4 Å². The molecule has 0 radical (unpaired) electrons. The number of nitrogens with one attached hydrogen (secondary N) is 1. The van der Waals surface area contributed by atoms with Gasteiger partial charge in [-0.25, -0.2) is 9.18 Å². The van der Waals surface area contributed by atoms with Gasteiger partial charge in [0.2, 0.25) is 0 Å². The Hall–Kier alpha value is -1.62. The second-order valence-electron chi connectivity index (χ2n) is 6.64. The molecule has 4 nitrogen and oxygen atoms in total. The molecule has 1 unspecified atom stereocenters. The number of amides is 2. The van der Waals surface area contributed by atoms with Gasteiger partial charge >= 0.3 is 6.03 Å². The van der Waals surface area contributed by atoms with Crippen LogP contribution in [0.2, 0.25) is 0 Å². The predicted octanol–water partition coefficient (Wildman–Crippen LogP) is 3.73. The number of halogens is 1. The summed E-state index contributed by atoms with van der Waals surface area (Å²) in [6.07, 6.45) is 4.58. The van der Waals surface area contributed by atoms with Gasteiger partial charge in [-0.1, -0.05) is 25.0 Å². The van der Waals surface area contributed by atoms with Gasteiger partial charge < -0.3 is 15.0 Å². The quantitative estimate of drug-likeness (QED) is 0.867. The summed E-state index contributed by atoms with van der Waals surface area (Å²) in [5.41, 5.74) is 0.987. The number of urea groups is 1. The van der Waals surface area contributed by atoms with Crippen LogP contribution < -0.4 is 5.32 Å². The molecule has 1 N–H and O–H groups in total. The van der Waals surface area contributed by atoms with Gasteiger partial charge in [-0.15, -0.1) is 0 Å². The number of carbonyl (C=O) groups excluding carboxylic acids is 1. The highest BCUT2D eigenvalue weighted by Crippen LogP contribution is 2.37. The standard InChI is InChI=1S/C18H27FN2O2/c1-14(15-6-8-16(19)9-7-15)21(2)17(22)20-12-18(13-23-3)10-4-5-11-18/h6-9,14H,4-5,10-13H2,1-3H3,(H,20,22). The highest BCUT2D eigenvalue weighted by Gasteiger charge is 2.34. The van der Waals surface area contributed by atoms with Crippen LogP contribution in [0.5, 0.6) is 0 Å². The van der Waals surface area contributed by atoms with Crippen LogP contribution in [-0.2, 0) is 4.74 Å². The second-order valence-corrected chi connectivity index (χ2v) is 6.64. The molecule has 0 saturated heterocycles. The Kier molecular flexibility index (Phi) is 5.99. The van der Waals surface area contributed by atoms with Gasteiger partial charge in [-0.05, 0) is 37.5 Å². The van der Waals surface area contributed by atoms with E-state index in [4.69, 9.17) is 4.74 Å². The maximum atomic E-state index is 13.0. The van der Waals surface area contributed by atoms with E-state index in [-0.39, 0.29) is 23.3 Å². The van der Waals surface area contributed by atoms with Crippen LogP contribution in [-0.4, -0.2) is 38.2 Å². The van der Waals surface area contributed by atoms with E-state index in [1.54, 1.807) is 31.2 Å². The number of ether oxygens (including phenoxy) is 1. The Balaban J connectivity index is 1.92. The zero-order chi connectivity index (χ0) is 16.9. The van der Waals surface area contributed by atoms with Crippen molar-refractivity contribution < 1.29 is 13.9 Å². The minimum Gasteiger partial charge on any atom is -0.384 e. The number of benzene rings is 1. The molecule has 0 aromatic heterocycles. The Morgan fingerprint density at radius 3 is 2.52 bits per heavy atom. The van der Waals surface area contributed by atoms with Crippen LogP contribution in [0.4, 0.5) is 9.18 Å². The highest BCUT2D eigenvalue weighted by molar-refractivity contribution is 5.74. The maximum absolute atomic E-state index is 13.0. The molecule has 128 valence electrons. The van der Waals surface area contributed by atoms with Crippen molar-refractivity contribution in [1.82, 2.24) is 10.2 Å². The third kappa shape index (κ3) is 4.44. The van der Waals surface area contributed by atoms with E-state index in [1.165, 1.54) is 25.0 Å². The fourth-order valence-corrected chi connectivity index (χ4v) is 3.33. The molecule has 1 fully saturated rings. The fourth-order valence-electron chi connectivity index (χ4n) is 3.33. The Labute approximate surface area is 138 Å². The minimum atomic E-state index is -0.268. The molecule has 2 amide bonds. The van der Waals surface area contributed by atoms with Gasteiger partial charge in [0.1, 0.15) is 5.82 Å². The van der Waals surface area contributed by atoms with Crippen molar-refractivity contribution in [1.29, 1.82) is 0 Å². The molecule has 1 aliphatic carbocycles. The van der Waals surface area contributed by atoms with Crippen LogP contribution in [0, 0.1) is 11.2 Å². The fraction of sp³-hybridized carbons (Fsp3) is 0.611. The first-order valence-electron chi connectivity index (χ1n) is 8.22. The summed E-state index contributed by atoms with van der Waals surface area (Å²) in [7, 11) is 3.48. The van der Waals surface area contributed by atoms with Crippen LogP contribution in [0.1, 0.15) is 44.2 Å². The van der Waals surface area contributed by atoms with Gasteiger partial charge in [0.15, 0.2) is 0 Å². The lowest BCUT2D eigenvalue weighted by molar-refractivity contribution is 0.0824. The number of nitrogens with zero attached hydrogens (tertiary/aromatic N) is 1. The predicted molar refractivity (Wildman–Crippen MR) is 88.8 cm³/mol. The average Bonchev–Trinajstić information content (AvgIpc) is 3.01. The minimum absolute atomic E-state index is 0.0738. The van der Waals surface area contributed by atoms with E-state index in [9.17, 15) is 9.18 Å². The van der Waals surface area contributed by atoms with E-state index in [1.807, 2.05) is 6.92 Å². The summed E-state index contributed by atoms with van der Waals surface area (Å²) in [5.74, 6) is -0.268. The molecule has 0 bridgehead atoms. The van der Waals surface area contributed by atoms with Crippen molar-refractivity contribution in [2.75, 3.05) is 27.3 Å². The summed E-state index contributed by atoms with van der Waals surface area (Å²) in [6.45, 7) is 3.26. The molecule has 1 aromatic carbocycles. The van der Waals surface area contributed by atoms with Crippen molar-refractivity contribution in [3.8, 4) is 0 Å². The lowest BCUT2D eigenvalue weighted by Crippen LogP contribution is -2.44. The van der Waals surface area contributed by atoms with Gasteiger partial charge in [0.05, 0.1) is 12.6 Å². The van der Waals surface area contributed by atoms with Crippen molar-refractivity contribution in [3.63, 3.8) is 0 Å². The lowest BCUT2D eigenvalue weighted by atomic mass is 9.87. The molecule has 1 aliphatic rings. The van der Waals surface area contributed by atoms with E-state index < -0.39 is 0 Å². The summed E-state index contributed by atoms with van der Waals surface area (Å²) in [4.78, 5) is 14.1. The topological polar surface area (TPSA) is 41.6 Å². The molecular formula is C18H27FN2O2. The molecule has 1 aromatic rings. The summed E-state index contributed by atoms with van der Waals surface area (Å²) >= 11 is 0. The Bertz CT molecular complexity index is 512. The first-order chi connectivity index (χ1) is 11.0. The molecule has 0 aliphatic heterocycles. The normalized spacial score (nSPS) is 17.7. The average molecular weight is 322 g/mol. The highest BCUT2D eigenvalue weighted by atomic mass is 19.1. The number of carbonyl (C=O) groups is 1. The SMILES string of the molecule is COCC1(CNC(=O)N(C)C(C)c2ccc(F)cc2)CCCC1. The molecule has 23 heavy (non-hydrogen) atoms. The van der Waals surface area contributed by atoms with E-state index in [2.05, 4.69) is 5.32 Å². The van der Waals surface area contributed by atoms with Gasteiger partial charge in [0, 0.05) is 26.1 Å². The number of hydrogen-bond acceptors (Lipinski definition) is 2. The third-order valence-corrected chi connectivity index (χ3v) is 4.98. The molecule has 0 spiro atoms. The Morgan fingerprint density at radius 1 is 1.35 bits per heavy atom. The van der Waals surface area contributed by atoms with Crippen molar-refractivity contribution >= 4 is 6.03 Å². The molecule has 0 heterocycles. The van der Waals surface area contributed by atoms with Crippen LogP contribution in [0.3, 0.4) is 0 Å². The Morgan fingerprint density at radius 2 is 1.96 bits per heavy atom. The van der Waals surface area contributed by atoms with Crippen molar-refractivity contribution in [2.24, 2.45) is 5.41 Å². The first-order valence-corrected chi connectivity index (χ1v) is 8.22. The second kappa shape index (κ2) is 7.77. The lowest BCUT2D eigenvalue weighted by Gasteiger charge is -2.31. The van der Waals surface area contributed by atoms with Crippen LogP contribution in [0.25, 0.3) is 0 Å². The number of rotatable bonds is 6. The first kappa shape index (κ1) is 17.7. The zero-order valence-corrected chi connectivity index (χ0v) is 14.3. The maximum Gasteiger partial charge on any atom is 0.317 e. The van der Waals surface area contributed by atoms with Crippen LogP contribution >= 0.6 is 0 Å². The molecule has 2 rings (SSSR count). The smallest absolute Gasteiger partial charge is 0.317 e. The monoisotopic (exact) mass is 322 g/mol. The molecule has 1 saturated carbocycles. The number of hydrogen-bond donors (Lipinski definition) is 1. The van der Waals surface area contributed by atoms with Gasteiger partial charge in [-0.2, -0.15) is 0 Å². The number of methoxy groups -OCH3 is 1. The summed E-state index contributed by atoms with van der Waals surface area (Å²) < 4.78 is 18.4. The van der Waals surface area contributed by atoms with E-state index in [0.29, 0.717) is 13.2 Å². The van der Waals surface area contributed by atoms with Gasteiger partial charge in [0.25, 0.3) is 0 Å². The zero-order valence-electron chi connectivity index (χ0n) is 14.3. The largest absolute Gasteiger partial charge is 0.384 e. The molecule has 5 heteroatoms. The molecular weight excluding hydrogens is 295 g/mol. The van der Waals surface area contributed by atoms with Gasteiger partial charge in [-0.3, -0.25) is 0 Å². The van der Waals surface area contributed by atoms with Crippen molar-refractivity contribution in [2.45, 2.75) is 38.6 Å². The van der Waals surface area contributed by atoms with Crippen molar-refractivity contribution in [3.05, 3.63) is 35.6 Å². The van der Waals surface area contributed by atoms with Crippen LogP contribution in [0.15, 0.2) is 24.3 Å². The van der Waals surface area contributed by atoms with E-state index >= 15 is 0 Å². The third-order valence-electron chi connectivity index (χ3n) is 4.98. The summed E-state index contributed by atoms with van der Waals surface area (Å²) in [5, 5.41) is 3.04. The molecule has 1 atom stereocenters. The summed E-state index contributed by atoms with van der Waals surface area (Å²) in [6, 6.07) is 6.05.